The van der Waals surface area contributed by atoms with Crippen molar-refractivity contribution < 1.29 is 4.74 Å². The van der Waals surface area contributed by atoms with Crippen molar-refractivity contribution in [1.29, 1.82) is 0 Å². The van der Waals surface area contributed by atoms with Crippen LogP contribution in [0.4, 0.5) is 0 Å². The van der Waals surface area contributed by atoms with Crippen molar-refractivity contribution in [3.8, 4) is 0 Å². The summed E-state index contributed by atoms with van der Waals surface area (Å²) in [6, 6.07) is 0. The van der Waals surface area contributed by atoms with Crippen molar-refractivity contribution in [3.63, 3.8) is 0 Å². The third kappa shape index (κ3) is 1.81. The van der Waals surface area contributed by atoms with E-state index in [-0.39, 0.29) is 5.60 Å². The Morgan fingerprint density at radius 1 is 1.20 bits per heavy atom. The van der Waals surface area contributed by atoms with E-state index in [1.165, 1.54) is 30.6 Å². The van der Waals surface area contributed by atoms with Gasteiger partial charge in [-0.15, -0.1) is 0 Å². The molecule has 1 saturated carbocycles. The first-order chi connectivity index (χ1) is 6.92. The fourth-order valence-electron chi connectivity index (χ4n) is 3.50. The topological polar surface area (TPSA) is 9.23 Å². The first-order valence-corrected chi connectivity index (χ1v) is 6.28. The molecule has 0 amide bonds. The first kappa shape index (κ1) is 11.0. The lowest BCUT2D eigenvalue weighted by molar-refractivity contribution is -0.0725. The third-order valence-electron chi connectivity index (χ3n) is 4.53. The van der Waals surface area contributed by atoms with Crippen LogP contribution in [0.15, 0.2) is 11.3 Å². The largest absolute Gasteiger partial charge is 0.492 e. The average molecular weight is 208 g/mol. The van der Waals surface area contributed by atoms with E-state index in [4.69, 9.17) is 4.74 Å². The van der Waals surface area contributed by atoms with Gasteiger partial charge in [-0.1, -0.05) is 13.3 Å². The summed E-state index contributed by atoms with van der Waals surface area (Å²) < 4.78 is 6.07. The quantitative estimate of drug-likeness (QED) is 0.581. The van der Waals surface area contributed by atoms with Gasteiger partial charge in [0.25, 0.3) is 0 Å². The van der Waals surface area contributed by atoms with Crippen molar-refractivity contribution in [3.05, 3.63) is 11.3 Å². The molecule has 0 saturated heterocycles. The Labute approximate surface area is 93.9 Å². The number of rotatable bonds is 0. The summed E-state index contributed by atoms with van der Waals surface area (Å²) in [5, 5.41) is 0. The molecule has 1 heteroatoms. The number of hydrogen-bond acceptors (Lipinski definition) is 1. The first-order valence-electron chi connectivity index (χ1n) is 6.28. The zero-order valence-corrected chi connectivity index (χ0v) is 10.8. The molecule has 0 aromatic rings. The minimum Gasteiger partial charge on any atom is -0.492 e. The van der Waals surface area contributed by atoms with Crippen LogP contribution in [-0.4, -0.2) is 5.60 Å². The molecule has 0 aromatic carbocycles. The van der Waals surface area contributed by atoms with Crippen LogP contribution in [0.3, 0.4) is 0 Å². The Balaban J connectivity index is 2.31. The van der Waals surface area contributed by atoms with Gasteiger partial charge in [-0.25, -0.2) is 0 Å². The smallest absolute Gasteiger partial charge is 0.106 e. The summed E-state index contributed by atoms with van der Waals surface area (Å²) in [4.78, 5) is 0. The van der Waals surface area contributed by atoms with Crippen molar-refractivity contribution in [1.82, 2.24) is 0 Å². The van der Waals surface area contributed by atoms with Crippen LogP contribution in [0.2, 0.25) is 0 Å². The van der Waals surface area contributed by atoms with Crippen LogP contribution in [0, 0.1) is 17.8 Å². The number of ether oxygens (including phenoxy) is 1. The predicted molar refractivity (Wildman–Crippen MR) is 63.5 cm³/mol. The SMILES string of the molecule is CC1=C(C)[C@H]2C[C@@H](C)CC[C@@H]2C(C)(C)O1. The summed E-state index contributed by atoms with van der Waals surface area (Å²) in [6.07, 6.45) is 4.07. The molecular weight excluding hydrogens is 184 g/mol. The van der Waals surface area contributed by atoms with Gasteiger partial charge < -0.3 is 4.74 Å². The highest BCUT2D eigenvalue weighted by atomic mass is 16.5. The van der Waals surface area contributed by atoms with Gasteiger partial charge in [0.2, 0.25) is 0 Å². The van der Waals surface area contributed by atoms with Gasteiger partial charge in [-0.05, 0) is 57.9 Å². The predicted octanol–water partition coefficient (Wildman–Crippen LogP) is 4.14. The van der Waals surface area contributed by atoms with E-state index in [1.807, 2.05) is 0 Å². The summed E-state index contributed by atoms with van der Waals surface area (Å²) in [6.45, 7) is 11.3. The summed E-state index contributed by atoms with van der Waals surface area (Å²) in [5.41, 5.74) is 1.56. The maximum Gasteiger partial charge on any atom is 0.106 e. The lowest BCUT2D eigenvalue weighted by atomic mass is 9.64. The molecule has 3 atom stereocenters. The summed E-state index contributed by atoms with van der Waals surface area (Å²) in [5.74, 6) is 3.58. The molecule has 86 valence electrons. The van der Waals surface area contributed by atoms with E-state index in [0.29, 0.717) is 0 Å². The fraction of sp³-hybridized carbons (Fsp3) is 0.857. The maximum atomic E-state index is 6.07. The Morgan fingerprint density at radius 3 is 2.53 bits per heavy atom. The molecule has 1 aliphatic carbocycles. The van der Waals surface area contributed by atoms with Crippen LogP contribution in [0.25, 0.3) is 0 Å². The lowest BCUT2D eigenvalue weighted by Gasteiger charge is -2.48. The van der Waals surface area contributed by atoms with Crippen LogP contribution < -0.4 is 0 Å². The number of fused-ring (bicyclic) bond motifs is 1. The minimum atomic E-state index is 0.0500. The normalized spacial score (nSPS) is 39.7. The molecule has 1 fully saturated rings. The van der Waals surface area contributed by atoms with E-state index in [0.717, 1.165) is 17.8 Å². The molecule has 2 rings (SSSR count). The van der Waals surface area contributed by atoms with Gasteiger partial charge in [0.05, 0.1) is 5.76 Å². The van der Waals surface area contributed by atoms with Gasteiger partial charge >= 0.3 is 0 Å². The number of allylic oxidation sites excluding steroid dienone is 2. The van der Waals surface area contributed by atoms with Crippen LogP contribution in [0.5, 0.6) is 0 Å². The van der Waals surface area contributed by atoms with Crippen molar-refractivity contribution in [2.75, 3.05) is 0 Å². The summed E-state index contributed by atoms with van der Waals surface area (Å²) in [7, 11) is 0. The van der Waals surface area contributed by atoms with Crippen LogP contribution in [0.1, 0.15) is 53.9 Å². The number of hydrogen-bond donors (Lipinski definition) is 0. The van der Waals surface area contributed by atoms with Gasteiger partial charge in [0, 0.05) is 5.92 Å². The van der Waals surface area contributed by atoms with Gasteiger partial charge in [-0.2, -0.15) is 0 Å². The highest BCUT2D eigenvalue weighted by molar-refractivity contribution is 5.17. The fourth-order valence-corrected chi connectivity index (χ4v) is 3.50. The maximum absolute atomic E-state index is 6.07. The molecule has 0 spiro atoms. The van der Waals surface area contributed by atoms with E-state index in [9.17, 15) is 0 Å². The average Bonchev–Trinajstić information content (AvgIpc) is 2.13. The van der Waals surface area contributed by atoms with E-state index in [1.54, 1.807) is 0 Å². The van der Waals surface area contributed by atoms with Gasteiger partial charge in [0.15, 0.2) is 0 Å². The second-order valence-corrected chi connectivity index (χ2v) is 6.08. The third-order valence-corrected chi connectivity index (χ3v) is 4.53. The van der Waals surface area contributed by atoms with Crippen molar-refractivity contribution in [2.24, 2.45) is 17.8 Å². The van der Waals surface area contributed by atoms with Crippen LogP contribution >= 0.6 is 0 Å². The second kappa shape index (κ2) is 3.54. The van der Waals surface area contributed by atoms with Crippen molar-refractivity contribution in [2.45, 2.75) is 59.5 Å². The lowest BCUT2D eigenvalue weighted by Crippen LogP contribution is -2.45. The molecule has 1 heterocycles. The molecule has 1 aliphatic heterocycles. The Bertz CT molecular complexity index is 288. The molecule has 0 radical (unpaired) electrons. The molecule has 0 aromatic heterocycles. The molecule has 2 aliphatic rings. The molecule has 0 bridgehead atoms. The molecule has 1 nitrogen and oxygen atoms in total. The standard InChI is InChI=1S/C14H24O/c1-9-6-7-13-12(8-9)10(2)11(3)15-14(13,4)5/h9,12-13H,6-8H2,1-5H3/t9-,12+,13-/m0/s1. The van der Waals surface area contributed by atoms with E-state index < -0.39 is 0 Å². The Hall–Kier alpha value is -0.460. The van der Waals surface area contributed by atoms with Gasteiger partial charge in [-0.3, -0.25) is 0 Å². The zero-order chi connectivity index (χ0) is 11.2. The minimum absolute atomic E-state index is 0.0500. The second-order valence-electron chi connectivity index (χ2n) is 6.08. The van der Waals surface area contributed by atoms with Crippen LogP contribution in [-0.2, 0) is 4.74 Å². The van der Waals surface area contributed by atoms with Gasteiger partial charge in [0.1, 0.15) is 5.60 Å². The van der Waals surface area contributed by atoms with E-state index >= 15 is 0 Å². The monoisotopic (exact) mass is 208 g/mol. The highest BCUT2D eigenvalue weighted by Gasteiger charge is 2.44. The summed E-state index contributed by atoms with van der Waals surface area (Å²) >= 11 is 0. The Kier molecular flexibility index (Phi) is 2.60. The highest BCUT2D eigenvalue weighted by Crippen LogP contribution is 2.48. The zero-order valence-electron chi connectivity index (χ0n) is 10.8. The molecular formula is C14H24O. The molecule has 0 N–H and O–H groups in total. The van der Waals surface area contributed by atoms with Crippen molar-refractivity contribution >= 4 is 0 Å². The van der Waals surface area contributed by atoms with E-state index in [2.05, 4.69) is 34.6 Å². The molecule has 15 heavy (non-hydrogen) atoms. The molecule has 0 unspecified atom stereocenters. The Morgan fingerprint density at radius 2 is 1.87 bits per heavy atom.